The first-order chi connectivity index (χ1) is 7.19. The predicted octanol–water partition coefficient (Wildman–Crippen LogP) is 3.41. The van der Waals surface area contributed by atoms with E-state index in [0.29, 0.717) is 12.5 Å². The molecule has 80 valence electrons. The molecule has 0 bridgehead atoms. The summed E-state index contributed by atoms with van der Waals surface area (Å²) in [6.07, 6.45) is -0.434. The average molecular weight is 203 g/mol. The van der Waals surface area contributed by atoms with Gasteiger partial charge in [-0.3, -0.25) is 0 Å². The zero-order valence-electron chi connectivity index (χ0n) is 9.53. The molecule has 0 spiro atoms. The minimum atomic E-state index is -0.434. The molecule has 0 aliphatic heterocycles. The van der Waals surface area contributed by atoms with E-state index in [1.807, 2.05) is 19.1 Å². The molecule has 0 aliphatic rings. The second-order valence-electron chi connectivity index (χ2n) is 3.79. The summed E-state index contributed by atoms with van der Waals surface area (Å²) in [5.41, 5.74) is 2.22. The number of hydrogen-bond donors (Lipinski definition) is 0. The molecular weight excluding hydrogens is 186 g/mol. The Morgan fingerprint density at radius 3 is 2.13 bits per heavy atom. The summed E-state index contributed by atoms with van der Waals surface area (Å²) in [5.74, 6) is 0.520. The zero-order chi connectivity index (χ0) is 11.3. The molecule has 1 aromatic rings. The Morgan fingerprint density at radius 1 is 1.20 bits per heavy atom. The summed E-state index contributed by atoms with van der Waals surface area (Å²) < 4.78 is 5.32. The monoisotopic (exact) mass is 203 g/mol. The van der Waals surface area contributed by atoms with E-state index in [1.54, 1.807) is 0 Å². The van der Waals surface area contributed by atoms with E-state index in [0.717, 1.165) is 5.56 Å². The highest BCUT2D eigenvalue weighted by molar-refractivity contribution is 5.28. The molecule has 1 aromatic carbocycles. The minimum Gasteiger partial charge on any atom is -0.359 e. The van der Waals surface area contributed by atoms with E-state index < -0.39 is 6.10 Å². The van der Waals surface area contributed by atoms with E-state index in [9.17, 15) is 0 Å². The van der Waals surface area contributed by atoms with Gasteiger partial charge in [-0.1, -0.05) is 38.1 Å². The van der Waals surface area contributed by atoms with Crippen LogP contribution in [0.2, 0.25) is 0 Å². The van der Waals surface area contributed by atoms with E-state index in [-0.39, 0.29) is 0 Å². The summed E-state index contributed by atoms with van der Waals surface area (Å²) in [6.45, 7) is 6.76. The predicted molar refractivity (Wildman–Crippen MR) is 60.5 cm³/mol. The fraction of sp³-hybridized carbons (Fsp3) is 0.462. The number of hydrogen-bond acceptors (Lipinski definition) is 2. The van der Waals surface area contributed by atoms with Crippen LogP contribution in [0.1, 0.15) is 43.9 Å². The highest BCUT2D eigenvalue weighted by Crippen LogP contribution is 2.20. The lowest BCUT2D eigenvalue weighted by Gasteiger charge is -2.11. The summed E-state index contributed by atoms with van der Waals surface area (Å²) >= 11 is 0. The van der Waals surface area contributed by atoms with Gasteiger partial charge in [-0.15, -0.1) is 0 Å². The van der Waals surface area contributed by atoms with Gasteiger partial charge in [-0.2, -0.15) is 5.26 Å². The molecule has 0 fully saturated rings. The SMILES string of the molecule is CCO[C@@H](C#N)c1ccc(C(C)C)cc1. The molecule has 0 amide bonds. The zero-order valence-corrected chi connectivity index (χ0v) is 9.53. The van der Waals surface area contributed by atoms with Crippen molar-refractivity contribution in [3.8, 4) is 6.07 Å². The van der Waals surface area contributed by atoms with Crippen molar-refractivity contribution in [1.29, 1.82) is 5.26 Å². The molecule has 1 atom stereocenters. The maximum atomic E-state index is 8.91. The first kappa shape index (κ1) is 11.7. The molecule has 0 unspecified atom stereocenters. The molecule has 2 nitrogen and oxygen atoms in total. The molecule has 0 saturated heterocycles. The van der Waals surface area contributed by atoms with Gasteiger partial charge in [0, 0.05) is 6.61 Å². The van der Waals surface area contributed by atoms with Crippen LogP contribution < -0.4 is 0 Å². The number of rotatable bonds is 4. The maximum Gasteiger partial charge on any atom is 0.169 e. The molecule has 2 heteroatoms. The van der Waals surface area contributed by atoms with Crippen molar-refractivity contribution in [1.82, 2.24) is 0 Å². The quantitative estimate of drug-likeness (QED) is 0.751. The fourth-order valence-electron chi connectivity index (χ4n) is 1.43. The molecule has 1 rings (SSSR count). The first-order valence-electron chi connectivity index (χ1n) is 5.30. The molecule has 0 saturated carbocycles. The van der Waals surface area contributed by atoms with E-state index in [2.05, 4.69) is 32.0 Å². The van der Waals surface area contributed by atoms with Crippen LogP contribution in [0.4, 0.5) is 0 Å². The van der Waals surface area contributed by atoms with Crippen LogP contribution in [0.3, 0.4) is 0 Å². The van der Waals surface area contributed by atoms with Crippen molar-refractivity contribution < 1.29 is 4.74 Å². The lowest BCUT2D eigenvalue weighted by atomic mass is 10.0. The van der Waals surface area contributed by atoms with Gasteiger partial charge in [0.2, 0.25) is 0 Å². The Labute approximate surface area is 91.5 Å². The summed E-state index contributed by atoms with van der Waals surface area (Å²) in [6, 6.07) is 10.2. The number of ether oxygens (including phenoxy) is 1. The van der Waals surface area contributed by atoms with Crippen molar-refractivity contribution >= 4 is 0 Å². The molecular formula is C13H17NO. The smallest absolute Gasteiger partial charge is 0.169 e. The second-order valence-corrected chi connectivity index (χ2v) is 3.79. The third-order valence-corrected chi connectivity index (χ3v) is 2.36. The van der Waals surface area contributed by atoms with Gasteiger partial charge in [-0.25, -0.2) is 0 Å². The van der Waals surface area contributed by atoms with Crippen molar-refractivity contribution in [3.63, 3.8) is 0 Å². The number of benzene rings is 1. The van der Waals surface area contributed by atoms with Crippen molar-refractivity contribution in [2.24, 2.45) is 0 Å². The topological polar surface area (TPSA) is 33.0 Å². The lowest BCUT2D eigenvalue weighted by Crippen LogP contribution is -2.01. The largest absolute Gasteiger partial charge is 0.359 e. The lowest BCUT2D eigenvalue weighted by molar-refractivity contribution is 0.102. The Bertz CT molecular complexity index is 335. The van der Waals surface area contributed by atoms with Crippen molar-refractivity contribution in [2.45, 2.75) is 32.8 Å². The van der Waals surface area contributed by atoms with Crippen LogP contribution in [0.15, 0.2) is 24.3 Å². The van der Waals surface area contributed by atoms with E-state index >= 15 is 0 Å². The summed E-state index contributed by atoms with van der Waals surface area (Å²) in [5, 5.41) is 8.91. The van der Waals surface area contributed by atoms with Gasteiger partial charge in [0.25, 0.3) is 0 Å². The van der Waals surface area contributed by atoms with Crippen LogP contribution in [0, 0.1) is 11.3 Å². The second kappa shape index (κ2) is 5.53. The molecule has 0 N–H and O–H groups in total. The highest BCUT2D eigenvalue weighted by Gasteiger charge is 2.09. The highest BCUT2D eigenvalue weighted by atomic mass is 16.5. The van der Waals surface area contributed by atoms with Gasteiger partial charge in [0.05, 0.1) is 6.07 Å². The Morgan fingerprint density at radius 2 is 1.73 bits per heavy atom. The minimum absolute atomic E-state index is 0.434. The van der Waals surface area contributed by atoms with Crippen LogP contribution in [0.5, 0.6) is 0 Å². The Balaban J connectivity index is 2.83. The molecule has 0 heterocycles. The van der Waals surface area contributed by atoms with Gasteiger partial charge in [0.1, 0.15) is 0 Å². The third kappa shape index (κ3) is 3.07. The standard InChI is InChI=1S/C13H17NO/c1-4-15-13(9-14)12-7-5-11(6-8-12)10(2)3/h5-8,10,13H,4H2,1-3H3/t13-/m0/s1. The van der Waals surface area contributed by atoms with E-state index in [1.165, 1.54) is 5.56 Å². The van der Waals surface area contributed by atoms with Gasteiger partial charge < -0.3 is 4.74 Å². The van der Waals surface area contributed by atoms with Crippen molar-refractivity contribution in [3.05, 3.63) is 35.4 Å². The number of nitrogens with zero attached hydrogens (tertiary/aromatic N) is 1. The van der Waals surface area contributed by atoms with Crippen LogP contribution in [0.25, 0.3) is 0 Å². The van der Waals surface area contributed by atoms with Crippen LogP contribution >= 0.6 is 0 Å². The summed E-state index contributed by atoms with van der Waals surface area (Å²) in [4.78, 5) is 0. The fourth-order valence-corrected chi connectivity index (χ4v) is 1.43. The normalized spacial score (nSPS) is 12.5. The average Bonchev–Trinajstić information content (AvgIpc) is 2.26. The molecule has 15 heavy (non-hydrogen) atoms. The van der Waals surface area contributed by atoms with Gasteiger partial charge >= 0.3 is 0 Å². The number of nitriles is 1. The maximum absolute atomic E-state index is 8.91. The van der Waals surface area contributed by atoms with Crippen molar-refractivity contribution in [2.75, 3.05) is 6.61 Å². The van der Waals surface area contributed by atoms with Gasteiger partial charge in [-0.05, 0) is 24.0 Å². The Kier molecular flexibility index (Phi) is 4.33. The van der Waals surface area contributed by atoms with Gasteiger partial charge in [0.15, 0.2) is 6.10 Å². The van der Waals surface area contributed by atoms with Crippen LogP contribution in [-0.2, 0) is 4.74 Å². The third-order valence-electron chi connectivity index (χ3n) is 2.36. The summed E-state index contributed by atoms with van der Waals surface area (Å²) in [7, 11) is 0. The van der Waals surface area contributed by atoms with Crippen LogP contribution in [-0.4, -0.2) is 6.61 Å². The molecule has 0 radical (unpaired) electrons. The molecule has 0 aliphatic carbocycles. The Hall–Kier alpha value is -1.33. The first-order valence-corrected chi connectivity index (χ1v) is 5.30. The molecule has 0 aromatic heterocycles. The van der Waals surface area contributed by atoms with E-state index in [4.69, 9.17) is 10.00 Å².